The van der Waals surface area contributed by atoms with Gasteiger partial charge in [0.15, 0.2) is 0 Å². The van der Waals surface area contributed by atoms with Crippen molar-refractivity contribution in [3.63, 3.8) is 0 Å². The Bertz CT molecular complexity index is 464. The first kappa shape index (κ1) is 9.68. The number of H-pyrrole nitrogens is 1. The Morgan fingerprint density at radius 1 is 1.50 bits per heavy atom. The van der Waals surface area contributed by atoms with E-state index in [0.29, 0.717) is 0 Å². The van der Waals surface area contributed by atoms with Crippen molar-refractivity contribution in [3.8, 4) is 0 Å². The quantitative estimate of drug-likeness (QED) is 0.850. The number of fused-ring (bicyclic) bond motifs is 1. The van der Waals surface area contributed by atoms with Crippen LogP contribution in [0.2, 0.25) is 0 Å². The average Bonchev–Trinajstić information content (AvgIpc) is 2.44. The van der Waals surface area contributed by atoms with Gasteiger partial charge in [0.2, 0.25) is 0 Å². The molecule has 0 radical (unpaired) electrons. The summed E-state index contributed by atoms with van der Waals surface area (Å²) < 4.78 is 13.9. The normalized spacial score (nSPS) is 11.1. The van der Waals surface area contributed by atoms with Crippen molar-refractivity contribution in [3.05, 3.63) is 34.2 Å². The maximum Gasteiger partial charge on any atom is 0.125 e. The Balaban J connectivity index is 2.61. The number of rotatable bonds is 2. The summed E-state index contributed by atoms with van der Waals surface area (Å²) in [6.45, 7) is 0.733. The number of benzene rings is 1. The largest absolute Gasteiger partial charge is 0.356 e. The fraction of sp³-hybridized carbons (Fsp3) is 0.200. The molecule has 0 amide bonds. The average molecular weight is 257 g/mol. The predicted octanol–water partition coefficient (Wildman–Crippen LogP) is 2.79. The molecule has 74 valence electrons. The number of hydrogen-bond donors (Lipinski definition) is 2. The third kappa shape index (κ3) is 1.55. The molecule has 0 saturated carbocycles. The molecule has 1 heterocycles. The van der Waals surface area contributed by atoms with Crippen LogP contribution in [0.25, 0.3) is 10.9 Å². The molecular formula is C10H10BrFN2. The Kier molecular flexibility index (Phi) is 2.56. The first-order valence-electron chi connectivity index (χ1n) is 4.32. The summed E-state index contributed by atoms with van der Waals surface area (Å²) in [5, 5.41) is 4.06. The highest BCUT2D eigenvalue weighted by Crippen LogP contribution is 2.28. The van der Waals surface area contributed by atoms with Crippen molar-refractivity contribution in [2.24, 2.45) is 0 Å². The van der Waals surface area contributed by atoms with Crippen molar-refractivity contribution < 1.29 is 4.39 Å². The standard InChI is InChI=1S/C10H10BrFN2/c1-13-5-9-10(11)7-3-2-6(12)4-8(7)14-9/h2-4,13-14H,5H2,1H3. The highest BCUT2D eigenvalue weighted by Gasteiger charge is 2.08. The molecule has 0 aliphatic heterocycles. The molecule has 4 heteroatoms. The lowest BCUT2D eigenvalue weighted by molar-refractivity contribution is 0.629. The van der Waals surface area contributed by atoms with Gasteiger partial charge >= 0.3 is 0 Å². The van der Waals surface area contributed by atoms with Crippen LogP contribution in [0.1, 0.15) is 5.69 Å². The molecule has 0 spiro atoms. The molecule has 2 aromatic rings. The molecule has 0 unspecified atom stereocenters. The molecular weight excluding hydrogens is 247 g/mol. The SMILES string of the molecule is CNCc1[nH]c2cc(F)ccc2c1Br. The summed E-state index contributed by atoms with van der Waals surface area (Å²) in [5.41, 5.74) is 1.86. The van der Waals surface area contributed by atoms with Gasteiger partial charge < -0.3 is 10.3 Å². The van der Waals surface area contributed by atoms with Crippen LogP contribution in [0, 0.1) is 5.82 Å². The molecule has 0 atom stereocenters. The zero-order chi connectivity index (χ0) is 10.1. The van der Waals surface area contributed by atoms with Crippen LogP contribution >= 0.6 is 15.9 Å². The van der Waals surface area contributed by atoms with E-state index in [1.807, 2.05) is 7.05 Å². The van der Waals surface area contributed by atoms with E-state index in [2.05, 4.69) is 26.2 Å². The molecule has 0 aliphatic carbocycles. The number of nitrogens with one attached hydrogen (secondary N) is 2. The van der Waals surface area contributed by atoms with Crippen LogP contribution in [-0.2, 0) is 6.54 Å². The fourth-order valence-corrected chi connectivity index (χ4v) is 2.07. The number of aromatic amines is 1. The minimum atomic E-state index is -0.220. The lowest BCUT2D eigenvalue weighted by Gasteiger charge is -1.95. The number of aromatic nitrogens is 1. The fourth-order valence-electron chi connectivity index (χ4n) is 1.49. The second kappa shape index (κ2) is 3.71. The minimum absolute atomic E-state index is 0.220. The molecule has 14 heavy (non-hydrogen) atoms. The van der Waals surface area contributed by atoms with E-state index in [1.165, 1.54) is 12.1 Å². The van der Waals surface area contributed by atoms with Crippen LogP contribution in [0.4, 0.5) is 4.39 Å². The summed E-state index contributed by atoms with van der Waals surface area (Å²) in [6.07, 6.45) is 0. The lowest BCUT2D eigenvalue weighted by atomic mass is 10.2. The van der Waals surface area contributed by atoms with Crippen LogP contribution in [0.3, 0.4) is 0 Å². The van der Waals surface area contributed by atoms with Crippen molar-refractivity contribution in [2.75, 3.05) is 7.05 Å². The van der Waals surface area contributed by atoms with Gasteiger partial charge in [0.25, 0.3) is 0 Å². The molecule has 1 aromatic carbocycles. The van der Waals surface area contributed by atoms with Crippen molar-refractivity contribution >= 4 is 26.8 Å². The Morgan fingerprint density at radius 3 is 3.00 bits per heavy atom. The van der Waals surface area contributed by atoms with Gasteiger partial charge in [-0.25, -0.2) is 4.39 Å². The van der Waals surface area contributed by atoms with E-state index in [4.69, 9.17) is 0 Å². The first-order chi connectivity index (χ1) is 6.72. The van der Waals surface area contributed by atoms with Crippen LogP contribution < -0.4 is 5.32 Å². The summed E-state index contributed by atoms with van der Waals surface area (Å²) in [5.74, 6) is -0.220. The van der Waals surface area contributed by atoms with Gasteiger partial charge in [0.05, 0.1) is 0 Å². The summed E-state index contributed by atoms with van der Waals surface area (Å²) in [6, 6.07) is 4.73. The van der Waals surface area contributed by atoms with E-state index in [9.17, 15) is 4.39 Å². The number of halogens is 2. The van der Waals surface area contributed by atoms with Gasteiger partial charge in [-0.15, -0.1) is 0 Å². The Morgan fingerprint density at radius 2 is 2.29 bits per heavy atom. The zero-order valence-corrected chi connectivity index (χ0v) is 9.28. The highest BCUT2D eigenvalue weighted by molar-refractivity contribution is 9.10. The van der Waals surface area contributed by atoms with Gasteiger partial charge in [0, 0.05) is 27.6 Å². The van der Waals surface area contributed by atoms with Crippen LogP contribution in [0.5, 0.6) is 0 Å². The van der Waals surface area contributed by atoms with Gasteiger partial charge in [-0.05, 0) is 41.2 Å². The van der Waals surface area contributed by atoms with E-state index >= 15 is 0 Å². The van der Waals surface area contributed by atoms with Gasteiger partial charge in [-0.1, -0.05) is 0 Å². The summed E-state index contributed by atoms with van der Waals surface area (Å²) in [4.78, 5) is 3.16. The van der Waals surface area contributed by atoms with E-state index in [0.717, 1.165) is 27.6 Å². The zero-order valence-electron chi connectivity index (χ0n) is 7.70. The molecule has 0 saturated heterocycles. The maximum atomic E-state index is 12.9. The summed E-state index contributed by atoms with van der Waals surface area (Å²) in [7, 11) is 1.87. The van der Waals surface area contributed by atoms with Crippen molar-refractivity contribution in [1.82, 2.24) is 10.3 Å². The summed E-state index contributed by atoms with van der Waals surface area (Å²) >= 11 is 3.48. The third-order valence-corrected chi connectivity index (χ3v) is 3.03. The molecule has 0 fully saturated rings. The third-order valence-electron chi connectivity index (χ3n) is 2.12. The molecule has 0 bridgehead atoms. The predicted molar refractivity (Wildman–Crippen MR) is 58.7 cm³/mol. The topological polar surface area (TPSA) is 27.8 Å². The van der Waals surface area contributed by atoms with Crippen LogP contribution in [0.15, 0.2) is 22.7 Å². The first-order valence-corrected chi connectivity index (χ1v) is 5.12. The molecule has 1 aromatic heterocycles. The van der Waals surface area contributed by atoms with E-state index in [1.54, 1.807) is 6.07 Å². The van der Waals surface area contributed by atoms with Crippen molar-refractivity contribution in [1.29, 1.82) is 0 Å². The molecule has 2 rings (SSSR count). The second-order valence-corrected chi connectivity index (χ2v) is 3.93. The monoisotopic (exact) mass is 256 g/mol. The second-order valence-electron chi connectivity index (χ2n) is 3.14. The minimum Gasteiger partial charge on any atom is -0.356 e. The number of hydrogen-bond acceptors (Lipinski definition) is 1. The maximum absolute atomic E-state index is 12.9. The smallest absolute Gasteiger partial charge is 0.125 e. The van der Waals surface area contributed by atoms with Crippen molar-refractivity contribution in [2.45, 2.75) is 6.54 Å². The van der Waals surface area contributed by atoms with Gasteiger partial charge in [-0.2, -0.15) is 0 Å². The van der Waals surface area contributed by atoms with Gasteiger partial charge in [0.1, 0.15) is 5.82 Å². The Hall–Kier alpha value is -0.870. The molecule has 2 N–H and O–H groups in total. The Labute approximate surface area is 89.6 Å². The highest BCUT2D eigenvalue weighted by atomic mass is 79.9. The van der Waals surface area contributed by atoms with Crippen LogP contribution in [-0.4, -0.2) is 12.0 Å². The lowest BCUT2D eigenvalue weighted by Crippen LogP contribution is -2.05. The molecule has 0 aliphatic rings. The van der Waals surface area contributed by atoms with E-state index < -0.39 is 0 Å². The van der Waals surface area contributed by atoms with E-state index in [-0.39, 0.29) is 5.82 Å². The molecule has 2 nitrogen and oxygen atoms in total. The van der Waals surface area contributed by atoms with Gasteiger partial charge in [-0.3, -0.25) is 0 Å².